The molecule has 1 aliphatic heterocycles. The average molecular weight is 1150 g/mol. The number of carbonyl (C=O) groups excluding carboxylic acids is 2. The van der Waals surface area contributed by atoms with Crippen LogP contribution in [0.25, 0.3) is 0 Å². The Hall–Kier alpha value is -5.00. The number of carbonyl (C=O) groups is 2. The number of nitrogens with zero attached hydrogens (tertiary/aromatic N) is 5. The Bertz CT molecular complexity index is 2120. The summed E-state index contributed by atoms with van der Waals surface area (Å²) in [4.78, 5) is 53.9. The maximum atomic E-state index is 12.6. The molecule has 0 unspecified atom stereocenters. The molecule has 1 fully saturated rings. The van der Waals surface area contributed by atoms with E-state index < -0.39 is 22.0 Å². The molecule has 5 rings (SSSR count). The van der Waals surface area contributed by atoms with Crippen LogP contribution in [0.4, 0.5) is 32.3 Å². The summed E-state index contributed by atoms with van der Waals surface area (Å²) in [7, 11) is 0. The van der Waals surface area contributed by atoms with Crippen molar-refractivity contribution in [1.29, 1.82) is 0 Å². The number of amides is 2. The molecule has 18 nitrogen and oxygen atoms in total. The Kier molecular flexibility index (Phi) is 30.1. The number of nitrogens with one attached hydrogen (secondary N) is 1. The Morgan fingerprint density at radius 1 is 0.812 bits per heavy atom. The van der Waals surface area contributed by atoms with Gasteiger partial charge < -0.3 is 28.8 Å². The number of hydrogen-bond donors (Lipinski definition) is 2. The van der Waals surface area contributed by atoms with Crippen LogP contribution in [0.3, 0.4) is 0 Å². The van der Waals surface area contributed by atoms with E-state index in [0.717, 1.165) is 24.5 Å². The molecule has 64 heavy (non-hydrogen) atoms. The minimum atomic E-state index is -0.763. The van der Waals surface area contributed by atoms with E-state index in [2.05, 4.69) is 96.9 Å². The van der Waals surface area contributed by atoms with E-state index >= 15 is 0 Å². The second kappa shape index (κ2) is 32.6. The number of nitro groups is 2. The monoisotopic (exact) mass is 1150 g/mol. The lowest BCUT2D eigenvalue weighted by molar-refractivity contribution is -0.385. The van der Waals surface area contributed by atoms with E-state index in [1.165, 1.54) is 29.9 Å². The lowest BCUT2D eigenvalue weighted by Crippen LogP contribution is -2.32. The van der Waals surface area contributed by atoms with Crippen molar-refractivity contribution in [2.45, 2.75) is 54.7 Å². The molecule has 0 spiro atoms. The van der Waals surface area contributed by atoms with Gasteiger partial charge in [-0.15, -0.1) is 0 Å². The molecule has 0 bridgehead atoms. The van der Waals surface area contributed by atoms with Crippen molar-refractivity contribution in [2.24, 2.45) is 0 Å². The molecule has 2 aromatic heterocycles. The van der Waals surface area contributed by atoms with Gasteiger partial charge in [0.25, 0.3) is 0 Å². The molecule has 2 N–H and O–H groups in total. The zero-order valence-corrected chi connectivity index (χ0v) is 39.9. The summed E-state index contributed by atoms with van der Waals surface area (Å²) < 4.78 is 26.2. The molecule has 2 aromatic carbocycles. The SMILES string of the molecule is C.C.C1CCOC1.C=CCOc1cccc(CN(C(=O)OCC)c2cc(Br)nc(Br)c2[N+](=O)[O-])c1.C=CCOc1cccc(CO)c1.CCOC(=O)Nc1cc(Br)nc(Br)c1[N+](=O)[O-]. The van der Waals surface area contributed by atoms with Crippen molar-refractivity contribution < 1.29 is 48.2 Å². The van der Waals surface area contributed by atoms with Crippen molar-refractivity contribution >= 4 is 98.7 Å². The zero-order chi connectivity index (χ0) is 46.0. The molecule has 3 heterocycles. The van der Waals surface area contributed by atoms with Gasteiger partial charge in [-0.2, -0.15) is 0 Å². The van der Waals surface area contributed by atoms with Gasteiger partial charge in [-0.25, -0.2) is 19.6 Å². The number of pyridine rings is 2. The van der Waals surface area contributed by atoms with E-state index in [9.17, 15) is 29.8 Å². The van der Waals surface area contributed by atoms with Gasteiger partial charge in [-0.3, -0.25) is 30.4 Å². The van der Waals surface area contributed by atoms with Gasteiger partial charge in [0.1, 0.15) is 45.3 Å². The van der Waals surface area contributed by atoms with Gasteiger partial charge in [-0.05, 0) is 126 Å². The van der Waals surface area contributed by atoms with Crippen LogP contribution in [0, 0.1) is 20.2 Å². The summed E-state index contributed by atoms with van der Waals surface area (Å²) in [6.45, 7) is 13.6. The quantitative estimate of drug-likeness (QED) is 0.0488. The van der Waals surface area contributed by atoms with Crippen LogP contribution in [0.2, 0.25) is 0 Å². The normalized spacial score (nSPS) is 10.7. The lowest BCUT2D eigenvalue weighted by atomic mass is 10.2. The van der Waals surface area contributed by atoms with Crippen LogP contribution in [-0.4, -0.2) is 76.7 Å². The van der Waals surface area contributed by atoms with Crippen molar-refractivity contribution in [3.63, 3.8) is 0 Å². The molecule has 350 valence electrons. The molecule has 1 saturated heterocycles. The molecular weight excluding hydrogens is 1100 g/mol. The van der Waals surface area contributed by atoms with Gasteiger partial charge >= 0.3 is 23.6 Å². The minimum absolute atomic E-state index is 0. The molecule has 0 saturated carbocycles. The van der Waals surface area contributed by atoms with Crippen LogP contribution < -0.4 is 19.7 Å². The van der Waals surface area contributed by atoms with E-state index in [0.29, 0.717) is 33.7 Å². The Morgan fingerprint density at radius 2 is 1.31 bits per heavy atom. The summed E-state index contributed by atoms with van der Waals surface area (Å²) in [5.41, 5.74) is 0.943. The van der Waals surface area contributed by atoms with Crippen LogP contribution in [-0.2, 0) is 27.4 Å². The fraction of sp³-hybridized carbons (Fsp3) is 0.333. The van der Waals surface area contributed by atoms with E-state index in [1.807, 2.05) is 24.3 Å². The van der Waals surface area contributed by atoms with E-state index in [4.69, 9.17) is 24.1 Å². The Labute approximate surface area is 406 Å². The summed E-state index contributed by atoms with van der Waals surface area (Å²) in [5, 5.41) is 33.5. The predicted octanol–water partition coefficient (Wildman–Crippen LogP) is 12.1. The molecule has 4 aromatic rings. The number of aliphatic hydroxyl groups excluding tert-OH is 1. The van der Waals surface area contributed by atoms with E-state index in [1.54, 1.807) is 50.3 Å². The summed E-state index contributed by atoms with van der Waals surface area (Å²) in [5.74, 6) is 1.36. The first-order valence-electron chi connectivity index (χ1n) is 18.4. The summed E-state index contributed by atoms with van der Waals surface area (Å²) >= 11 is 12.3. The average Bonchev–Trinajstić information content (AvgIpc) is 3.82. The number of anilines is 2. The molecule has 0 aliphatic carbocycles. The fourth-order valence-electron chi connectivity index (χ4n) is 4.78. The molecule has 0 atom stereocenters. The number of benzene rings is 2. The highest BCUT2D eigenvalue weighted by Crippen LogP contribution is 2.38. The van der Waals surface area contributed by atoms with Gasteiger partial charge in [0.15, 0.2) is 9.21 Å². The van der Waals surface area contributed by atoms with Gasteiger partial charge in [0.2, 0.25) is 0 Å². The Morgan fingerprint density at radius 3 is 1.78 bits per heavy atom. The van der Waals surface area contributed by atoms with Crippen molar-refractivity contribution in [1.82, 2.24) is 9.97 Å². The first kappa shape index (κ1) is 59.0. The summed E-state index contributed by atoms with van der Waals surface area (Å²) in [6, 6.07) is 17.1. The van der Waals surface area contributed by atoms with Crippen LogP contribution in [0.5, 0.6) is 11.5 Å². The third-order valence-electron chi connectivity index (χ3n) is 7.36. The van der Waals surface area contributed by atoms with E-state index in [-0.39, 0.29) is 73.2 Å². The number of aromatic nitrogens is 2. The zero-order valence-electron chi connectivity index (χ0n) is 33.6. The molecule has 1 aliphatic rings. The number of ether oxygens (including phenoxy) is 5. The van der Waals surface area contributed by atoms with Gasteiger partial charge in [-0.1, -0.05) is 64.4 Å². The number of halogens is 4. The van der Waals surface area contributed by atoms with Crippen molar-refractivity contribution in [3.05, 3.63) is 136 Å². The van der Waals surface area contributed by atoms with Crippen LogP contribution >= 0.6 is 63.7 Å². The number of rotatable bonds is 15. The highest BCUT2D eigenvalue weighted by atomic mass is 79.9. The largest absolute Gasteiger partial charge is 0.490 e. The second-order valence-electron chi connectivity index (χ2n) is 11.9. The molecule has 0 radical (unpaired) electrons. The fourth-order valence-corrected chi connectivity index (χ4v) is 7.15. The number of hydrogen-bond acceptors (Lipinski definition) is 14. The van der Waals surface area contributed by atoms with Crippen molar-refractivity contribution in [3.8, 4) is 11.5 Å². The minimum Gasteiger partial charge on any atom is -0.490 e. The molecule has 2 amide bonds. The smallest absolute Gasteiger partial charge is 0.414 e. The first-order chi connectivity index (χ1) is 29.7. The number of aliphatic hydroxyl groups is 1. The first-order valence-corrected chi connectivity index (χ1v) is 21.6. The molecule has 22 heteroatoms. The second-order valence-corrected chi connectivity index (χ2v) is 15.0. The highest BCUT2D eigenvalue weighted by Gasteiger charge is 2.30. The maximum Gasteiger partial charge on any atom is 0.414 e. The lowest BCUT2D eigenvalue weighted by Gasteiger charge is -2.22. The molecular formula is C42H52Br4N6O12. The van der Waals surface area contributed by atoms with Gasteiger partial charge in [0, 0.05) is 25.3 Å². The van der Waals surface area contributed by atoms with Crippen LogP contribution in [0.15, 0.2) is 104 Å². The van der Waals surface area contributed by atoms with Gasteiger partial charge in [0.05, 0.1) is 36.2 Å². The topological polar surface area (TPSA) is 228 Å². The summed E-state index contributed by atoms with van der Waals surface area (Å²) in [6.07, 6.45) is 4.38. The highest BCUT2D eigenvalue weighted by molar-refractivity contribution is 9.11. The Balaban J connectivity index is 0.000000934. The van der Waals surface area contributed by atoms with Crippen molar-refractivity contribution in [2.75, 3.05) is 49.9 Å². The maximum absolute atomic E-state index is 12.6. The standard InChI is InChI=1S/C18H17Br2N3O5.C10H12O2.C8H7Br2N3O4.C4H8O.2CH4/c1-3-8-28-13-7-5-6-12(9-13)11-22(18(24)27-4-2)14-10-15(19)21-17(20)16(14)23(25)26;1-2-6-12-10-5-3-4-9(7-10)8-11;1-2-17-8(14)11-4-3-5(9)12-7(10)6(4)13(15)16;1-2-4-5-3-1;;/h3,5-7,9-10H,1,4,8,11H2,2H3;2-5,7,11H,1,6,8H2;3H,2H2,1H3,(H,11,12,14);1-4H2;2*1H4. The third kappa shape index (κ3) is 21.1. The third-order valence-corrected chi connectivity index (χ3v) is 9.28. The predicted molar refractivity (Wildman–Crippen MR) is 260 cm³/mol. The van der Waals surface area contributed by atoms with Crippen LogP contribution in [0.1, 0.15) is 52.7 Å².